The standard InChI is InChI=1S/C13H28OP2/c1-7-12-13(15(6,8-2)9-3)16(14,10-4)11-5/h7,13H,1,6,8-12H2,2-5H3. The maximum Gasteiger partial charge on any atom is 0.0944 e. The molecule has 96 valence electrons. The van der Waals surface area contributed by atoms with Crippen molar-refractivity contribution in [2.24, 2.45) is 0 Å². The minimum absolute atomic E-state index is 0.322. The van der Waals surface area contributed by atoms with Gasteiger partial charge < -0.3 is 4.57 Å². The van der Waals surface area contributed by atoms with Crippen LogP contribution in [0, 0.1) is 0 Å². The predicted molar refractivity (Wildman–Crippen MR) is 82.4 cm³/mol. The third-order valence-corrected chi connectivity index (χ3v) is 14.0. The van der Waals surface area contributed by atoms with Crippen LogP contribution < -0.4 is 0 Å². The molecular weight excluding hydrogens is 234 g/mol. The van der Waals surface area contributed by atoms with Crippen molar-refractivity contribution in [3.63, 3.8) is 0 Å². The van der Waals surface area contributed by atoms with Gasteiger partial charge in [-0.05, 0) is 31.1 Å². The summed E-state index contributed by atoms with van der Waals surface area (Å²) in [6, 6.07) is 0. The van der Waals surface area contributed by atoms with Crippen LogP contribution in [0.1, 0.15) is 34.1 Å². The van der Waals surface area contributed by atoms with Gasteiger partial charge in [0.2, 0.25) is 0 Å². The van der Waals surface area contributed by atoms with Crippen molar-refractivity contribution in [1.82, 2.24) is 0 Å². The third-order valence-electron chi connectivity index (χ3n) is 3.88. The second kappa shape index (κ2) is 6.87. The molecule has 0 heterocycles. The fraction of sp³-hybridized carbons (Fsp3) is 0.769. The zero-order chi connectivity index (χ0) is 12.8. The highest BCUT2D eigenvalue weighted by Gasteiger charge is 2.35. The maximum absolute atomic E-state index is 12.9. The van der Waals surface area contributed by atoms with Gasteiger partial charge in [0, 0.05) is 5.40 Å². The van der Waals surface area contributed by atoms with E-state index in [0.717, 1.165) is 31.1 Å². The first kappa shape index (κ1) is 16.3. The van der Waals surface area contributed by atoms with Crippen LogP contribution in [0.4, 0.5) is 0 Å². The highest BCUT2D eigenvalue weighted by molar-refractivity contribution is 7.86. The van der Waals surface area contributed by atoms with E-state index >= 15 is 0 Å². The molecule has 0 aromatic rings. The lowest BCUT2D eigenvalue weighted by molar-refractivity contribution is 0.573. The van der Waals surface area contributed by atoms with Crippen LogP contribution in [-0.2, 0) is 4.57 Å². The fourth-order valence-electron chi connectivity index (χ4n) is 2.30. The van der Waals surface area contributed by atoms with E-state index in [1.807, 2.05) is 6.08 Å². The van der Waals surface area contributed by atoms with Gasteiger partial charge in [0.1, 0.15) is 0 Å². The normalized spacial score (nSPS) is 14.8. The Labute approximate surface area is 102 Å². The van der Waals surface area contributed by atoms with Gasteiger partial charge in [-0.3, -0.25) is 0 Å². The number of hydrogen-bond donors (Lipinski definition) is 0. The van der Waals surface area contributed by atoms with Crippen molar-refractivity contribution in [2.75, 3.05) is 24.6 Å². The minimum atomic E-state index is -2.05. The van der Waals surface area contributed by atoms with Crippen LogP contribution >= 0.6 is 14.0 Å². The molecule has 0 aliphatic carbocycles. The van der Waals surface area contributed by atoms with Crippen molar-refractivity contribution in [3.8, 4) is 0 Å². The summed E-state index contributed by atoms with van der Waals surface area (Å²) in [7, 11) is -2.05. The van der Waals surface area contributed by atoms with Gasteiger partial charge in [0.25, 0.3) is 0 Å². The monoisotopic (exact) mass is 262 g/mol. The summed E-state index contributed by atoms with van der Waals surface area (Å²) in [5.74, 6) is 0. The van der Waals surface area contributed by atoms with E-state index in [1.165, 1.54) is 0 Å². The molecule has 0 amide bonds. The molecule has 0 saturated carbocycles. The first-order valence-electron chi connectivity index (χ1n) is 6.33. The first-order valence-corrected chi connectivity index (χ1v) is 10.9. The molecule has 0 spiro atoms. The molecule has 1 atom stereocenters. The zero-order valence-corrected chi connectivity index (χ0v) is 13.2. The highest BCUT2D eigenvalue weighted by atomic mass is 31.2. The van der Waals surface area contributed by atoms with E-state index in [2.05, 4.69) is 40.6 Å². The van der Waals surface area contributed by atoms with Gasteiger partial charge in [0.05, 0.1) is 7.14 Å². The molecule has 1 nitrogen and oxygen atoms in total. The average Bonchev–Trinajstić information content (AvgIpc) is 2.34. The smallest absolute Gasteiger partial charge is 0.0944 e. The molecule has 0 N–H and O–H groups in total. The Hall–Kier alpha value is 0.270. The number of allylic oxidation sites excluding steroid dienone is 1. The van der Waals surface area contributed by atoms with E-state index in [9.17, 15) is 4.57 Å². The van der Waals surface area contributed by atoms with E-state index in [4.69, 9.17) is 0 Å². The molecule has 0 fully saturated rings. The molecule has 0 aliphatic rings. The maximum atomic E-state index is 12.9. The summed E-state index contributed by atoms with van der Waals surface area (Å²) in [6.45, 7) is 11.1. The lowest BCUT2D eigenvalue weighted by Crippen LogP contribution is -2.15. The molecular formula is C13H28OP2. The molecule has 0 aromatic carbocycles. The van der Waals surface area contributed by atoms with Crippen molar-refractivity contribution < 1.29 is 4.57 Å². The molecule has 3 heteroatoms. The van der Waals surface area contributed by atoms with Crippen LogP contribution in [0.25, 0.3) is 0 Å². The molecule has 0 radical (unpaired) electrons. The summed E-state index contributed by atoms with van der Waals surface area (Å²) in [5.41, 5.74) is 0. The quantitative estimate of drug-likeness (QED) is 0.454. The lowest BCUT2D eigenvalue weighted by Gasteiger charge is -2.36. The van der Waals surface area contributed by atoms with E-state index in [0.29, 0.717) is 5.40 Å². The summed E-state index contributed by atoms with van der Waals surface area (Å²) in [6.07, 6.45) is 11.1. The van der Waals surface area contributed by atoms with Gasteiger partial charge in [0.15, 0.2) is 0 Å². The molecule has 0 bridgehead atoms. The summed E-state index contributed by atoms with van der Waals surface area (Å²) >= 11 is 0. The minimum Gasteiger partial charge on any atom is -0.323 e. The molecule has 0 saturated heterocycles. The second-order valence-corrected chi connectivity index (χ2v) is 13.0. The number of hydrogen-bond acceptors (Lipinski definition) is 1. The van der Waals surface area contributed by atoms with E-state index in [-0.39, 0.29) is 0 Å². The van der Waals surface area contributed by atoms with Crippen molar-refractivity contribution >= 4 is 20.3 Å². The van der Waals surface area contributed by atoms with Crippen LogP contribution in [0.5, 0.6) is 0 Å². The third kappa shape index (κ3) is 3.38. The molecule has 0 aromatic heterocycles. The largest absolute Gasteiger partial charge is 0.323 e. The van der Waals surface area contributed by atoms with Crippen LogP contribution in [0.15, 0.2) is 12.7 Å². The SMILES string of the molecule is C=CCC(P(=C)(CC)CC)P(=O)(CC)CC. The van der Waals surface area contributed by atoms with Crippen LogP contribution in [0.3, 0.4) is 0 Å². The van der Waals surface area contributed by atoms with Crippen molar-refractivity contribution in [1.29, 1.82) is 0 Å². The Morgan fingerprint density at radius 2 is 1.50 bits per heavy atom. The summed E-state index contributed by atoms with van der Waals surface area (Å²) in [4.78, 5) is 0. The zero-order valence-electron chi connectivity index (χ0n) is 11.4. The van der Waals surface area contributed by atoms with Gasteiger partial charge in [-0.25, -0.2) is 0 Å². The predicted octanol–water partition coefficient (Wildman–Crippen LogP) is 4.78. The highest BCUT2D eigenvalue weighted by Crippen LogP contribution is 2.68. The fourth-order valence-corrected chi connectivity index (χ4v) is 11.5. The van der Waals surface area contributed by atoms with Crippen molar-refractivity contribution in [2.45, 2.75) is 39.5 Å². The van der Waals surface area contributed by atoms with Crippen molar-refractivity contribution in [3.05, 3.63) is 12.7 Å². The van der Waals surface area contributed by atoms with E-state index < -0.39 is 14.0 Å². The Bertz CT molecular complexity index is 265. The molecule has 0 aliphatic heterocycles. The Kier molecular flexibility index (Phi) is 6.99. The average molecular weight is 262 g/mol. The lowest BCUT2D eigenvalue weighted by atomic mass is 10.5. The van der Waals surface area contributed by atoms with Crippen LogP contribution in [0.2, 0.25) is 0 Å². The molecule has 16 heavy (non-hydrogen) atoms. The first-order chi connectivity index (χ1) is 7.44. The Morgan fingerprint density at radius 1 is 1.06 bits per heavy atom. The number of rotatable bonds is 8. The molecule has 0 rings (SSSR count). The van der Waals surface area contributed by atoms with Gasteiger partial charge in [-0.1, -0.05) is 40.1 Å². The Morgan fingerprint density at radius 3 is 1.75 bits per heavy atom. The second-order valence-electron chi connectivity index (χ2n) is 4.44. The van der Waals surface area contributed by atoms with Gasteiger partial charge in [-0.15, -0.1) is 13.5 Å². The van der Waals surface area contributed by atoms with E-state index in [1.54, 1.807) is 0 Å². The van der Waals surface area contributed by atoms with Gasteiger partial charge in [-0.2, -0.15) is 0 Å². The Balaban J connectivity index is 5.37. The summed E-state index contributed by atoms with van der Waals surface area (Å²) < 4.78 is 12.9. The summed E-state index contributed by atoms with van der Waals surface area (Å²) in [5, 5.41) is 0.322. The van der Waals surface area contributed by atoms with Crippen LogP contribution in [-0.4, -0.2) is 36.3 Å². The van der Waals surface area contributed by atoms with Gasteiger partial charge >= 0.3 is 0 Å². The topological polar surface area (TPSA) is 17.1 Å². The molecule has 1 unspecified atom stereocenters.